The summed E-state index contributed by atoms with van der Waals surface area (Å²) in [6.45, 7) is 8.62. The van der Waals surface area contributed by atoms with Crippen molar-refractivity contribution in [2.24, 2.45) is 5.92 Å². The van der Waals surface area contributed by atoms with E-state index in [2.05, 4.69) is 78.4 Å². The quantitative estimate of drug-likeness (QED) is 0.425. The molecule has 2 unspecified atom stereocenters. The average Bonchev–Trinajstić information content (AvgIpc) is 3.28. The van der Waals surface area contributed by atoms with E-state index in [1.807, 2.05) is 24.3 Å². The minimum atomic E-state index is 0.272. The summed E-state index contributed by atoms with van der Waals surface area (Å²) >= 11 is 5.61. The largest absolute Gasteiger partial charge is 0.489 e. The van der Waals surface area contributed by atoms with Gasteiger partial charge in [0.1, 0.15) is 5.75 Å². The van der Waals surface area contributed by atoms with Gasteiger partial charge in [-0.05, 0) is 77.0 Å². The van der Waals surface area contributed by atoms with Crippen LogP contribution in [0.1, 0.15) is 37.3 Å². The molecule has 2 aliphatic rings. The molecule has 1 aliphatic carbocycles. The Morgan fingerprint density at radius 1 is 1.12 bits per heavy atom. The fraction of sp³-hybridized carbons (Fsp3) is 0.600. The van der Waals surface area contributed by atoms with Crippen molar-refractivity contribution in [1.82, 2.24) is 19.2 Å². The van der Waals surface area contributed by atoms with Crippen LogP contribution in [0, 0.1) is 5.92 Å². The number of aromatic nitrogens is 2. The maximum Gasteiger partial charge on any atom is 0.224 e. The fourth-order valence-electron chi connectivity index (χ4n) is 4.74. The molecule has 1 aliphatic heterocycles. The lowest BCUT2D eigenvalue weighted by molar-refractivity contribution is 0.189. The Kier molecular flexibility index (Phi) is 8.91. The highest BCUT2D eigenvalue weighted by Crippen LogP contribution is 2.34. The minimum Gasteiger partial charge on any atom is -0.489 e. The minimum absolute atomic E-state index is 0.272. The van der Waals surface area contributed by atoms with Crippen molar-refractivity contribution in [3.63, 3.8) is 0 Å². The van der Waals surface area contributed by atoms with E-state index in [0.717, 1.165) is 74.7 Å². The van der Waals surface area contributed by atoms with Crippen LogP contribution >= 0.6 is 27.9 Å². The number of hydrogen-bond donors (Lipinski definition) is 0. The molecular formula is C25H36BrN5OS. The Balaban J connectivity index is 1.25. The van der Waals surface area contributed by atoms with E-state index in [-0.39, 0.29) is 6.10 Å². The molecule has 0 bridgehead atoms. The van der Waals surface area contributed by atoms with Crippen LogP contribution in [0.25, 0.3) is 0 Å². The first-order valence-corrected chi connectivity index (χ1v) is 14.0. The molecule has 2 aromatic rings. The predicted molar refractivity (Wildman–Crippen MR) is 141 cm³/mol. The molecule has 1 aromatic carbocycles. The number of rotatable bonds is 9. The molecule has 6 nitrogen and oxygen atoms in total. The number of nitrogens with zero attached hydrogens (tertiary/aromatic N) is 5. The van der Waals surface area contributed by atoms with Crippen molar-refractivity contribution >= 4 is 33.8 Å². The third-order valence-electron chi connectivity index (χ3n) is 6.75. The molecular weight excluding hydrogens is 498 g/mol. The smallest absolute Gasteiger partial charge is 0.224 e. The van der Waals surface area contributed by atoms with Gasteiger partial charge in [-0.1, -0.05) is 24.9 Å². The van der Waals surface area contributed by atoms with Crippen molar-refractivity contribution in [1.29, 1.82) is 0 Å². The number of aryl methyl sites for hydroxylation is 1. The second-order valence-electron chi connectivity index (χ2n) is 9.20. The summed E-state index contributed by atoms with van der Waals surface area (Å²) in [5.74, 6) is 2.38. The number of anilines is 1. The molecule has 0 spiro atoms. The van der Waals surface area contributed by atoms with E-state index in [9.17, 15) is 0 Å². The van der Waals surface area contributed by atoms with Crippen LogP contribution in [0.3, 0.4) is 0 Å². The molecule has 2 fully saturated rings. The van der Waals surface area contributed by atoms with Gasteiger partial charge in [0, 0.05) is 58.7 Å². The number of ether oxygens (including phenoxy) is 1. The molecule has 0 N–H and O–H groups in total. The highest BCUT2D eigenvalue weighted by molar-refractivity contribution is 9.10. The highest BCUT2D eigenvalue weighted by atomic mass is 79.9. The maximum atomic E-state index is 6.41. The van der Waals surface area contributed by atoms with Gasteiger partial charge in [0.05, 0.1) is 10.6 Å². The first-order valence-electron chi connectivity index (χ1n) is 12.0. The zero-order chi connectivity index (χ0) is 23.2. The Morgan fingerprint density at radius 3 is 2.55 bits per heavy atom. The summed E-state index contributed by atoms with van der Waals surface area (Å²) in [6, 6.07) is 6.59. The molecule has 2 heterocycles. The molecule has 1 saturated carbocycles. The molecule has 1 aromatic heterocycles. The van der Waals surface area contributed by atoms with Crippen molar-refractivity contribution < 1.29 is 4.74 Å². The summed E-state index contributed by atoms with van der Waals surface area (Å²) < 4.78 is 9.91. The molecule has 33 heavy (non-hydrogen) atoms. The molecule has 4 rings (SSSR count). The van der Waals surface area contributed by atoms with Gasteiger partial charge in [0.25, 0.3) is 0 Å². The van der Waals surface area contributed by atoms with Crippen LogP contribution in [0.15, 0.2) is 35.1 Å². The Morgan fingerprint density at radius 2 is 1.88 bits per heavy atom. The van der Waals surface area contributed by atoms with Crippen molar-refractivity contribution in [3.8, 4) is 5.75 Å². The number of piperazine rings is 1. The summed E-state index contributed by atoms with van der Waals surface area (Å²) in [6.07, 6.45) is 10.6. The molecule has 0 amide bonds. The van der Waals surface area contributed by atoms with Gasteiger partial charge in [-0.3, -0.25) is 4.90 Å². The first kappa shape index (κ1) is 24.8. The van der Waals surface area contributed by atoms with Crippen LogP contribution in [0.5, 0.6) is 5.75 Å². The highest BCUT2D eigenvalue weighted by Gasteiger charge is 2.28. The number of benzene rings is 1. The number of hydrogen-bond acceptors (Lipinski definition) is 7. The second-order valence-corrected chi connectivity index (χ2v) is 10.9. The van der Waals surface area contributed by atoms with Crippen LogP contribution in [0.2, 0.25) is 0 Å². The first-order chi connectivity index (χ1) is 16.0. The lowest BCUT2D eigenvalue weighted by atomic mass is 10.1. The van der Waals surface area contributed by atoms with E-state index in [0.29, 0.717) is 5.92 Å². The predicted octanol–water partition coefficient (Wildman–Crippen LogP) is 4.88. The standard InChI is InChI=1S/C25H36BrN5OS/c1-4-19-15-27-25(28-16-19)29(2)17-20-5-7-22(13-20)32-24-8-6-21(14-23(24)26)18-30-9-11-31(33-3)12-10-30/h6,8,14-16,20,22H,4-5,7,9-13,17-18H2,1-3H3. The third kappa shape index (κ3) is 6.84. The van der Waals surface area contributed by atoms with Gasteiger partial charge >= 0.3 is 0 Å². The fourth-order valence-corrected chi connectivity index (χ4v) is 5.79. The van der Waals surface area contributed by atoms with Gasteiger partial charge in [0.2, 0.25) is 5.95 Å². The SMILES string of the molecule is CCc1cnc(N(C)CC2CCC(Oc3ccc(CN4CCN(SC)CC4)cc3Br)C2)nc1. The normalized spacial score (nSPS) is 21.9. The van der Waals surface area contributed by atoms with E-state index in [1.54, 1.807) is 0 Å². The molecule has 180 valence electrons. The molecule has 2 atom stereocenters. The summed E-state index contributed by atoms with van der Waals surface area (Å²) in [7, 11) is 2.09. The molecule has 0 radical (unpaired) electrons. The Hall–Kier alpha value is -1.35. The lowest BCUT2D eigenvalue weighted by Crippen LogP contribution is -2.42. The zero-order valence-corrected chi connectivity index (χ0v) is 22.4. The zero-order valence-electron chi connectivity index (χ0n) is 20.0. The summed E-state index contributed by atoms with van der Waals surface area (Å²) in [5, 5.41) is 0. The van der Waals surface area contributed by atoms with Gasteiger partial charge in [-0.25, -0.2) is 14.3 Å². The van der Waals surface area contributed by atoms with Gasteiger partial charge in [0.15, 0.2) is 0 Å². The van der Waals surface area contributed by atoms with Gasteiger partial charge in [-0.15, -0.1) is 0 Å². The van der Waals surface area contributed by atoms with Crippen molar-refractivity contribution in [2.75, 3.05) is 50.9 Å². The van der Waals surface area contributed by atoms with E-state index in [4.69, 9.17) is 4.74 Å². The summed E-state index contributed by atoms with van der Waals surface area (Å²) in [5.41, 5.74) is 2.52. The Bertz CT molecular complexity index is 891. The van der Waals surface area contributed by atoms with Crippen LogP contribution < -0.4 is 9.64 Å². The van der Waals surface area contributed by atoms with Gasteiger partial charge < -0.3 is 9.64 Å². The monoisotopic (exact) mass is 533 g/mol. The maximum absolute atomic E-state index is 6.41. The van der Waals surface area contributed by atoms with E-state index in [1.165, 1.54) is 17.5 Å². The topological polar surface area (TPSA) is 44.7 Å². The third-order valence-corrected chi connectivity index (χ3v) is 8.25. The van der Waals surface area contributed by atoms with Crippen molar-refractivity contribution in [2.45, 2.75) is 45.3 Å². The van der Waals surface area contributed by atoms with Crippen LogP contribution in [-0.2, 0) is 13.0 Å². The van der Waals surface area contributed by atoms with Crippen LogP contribution in [-0.4, -0.2) is 71.3 Å². The molecule has 1 saturated heterocycles. The summed E-state index contributed by atoms with van der Waals surface area (Å²) in [4.78, 5) is 13.7. The van der Waals surface area contributed by atoms with Crippen molar-refractivity contribution in [3.05, 3.63) is 46.2 Å². The Labute approximate surface area is 211 Å². The lowest BCUT2D eigenvalue weighted by Gasteiger charge is -2.33. The van der Waals surface area contributed by atoms with Crippen LogP contribution in [0.4, 0.5) is 5.95 Å². The number of halogens is 1. The average molecular weight is 535 g/mol. The van der Waals surface area contributed by atoms with E-state index >= 15 is 0 Å². The van der Waals surface area contributed by atoms with E-state index < -0.39 is 0 Å². The molecule has 8 heteroatoms. The van der Waals surface area contributed by atoms with Gasteiger partial charge in [-0.2, -0.15) is 0 Å². The second kappa shape index (κ2) is 11.9.